The lowest BCUT2D eigenvalue weighted by Crippen LogP contribution is -2.29. The van der Waals surface area contributed by atoms with Crippen molar-refractivity contribution in [3.63, 3.8) is 0 Å². The van der Waals surface area contributed by atoms with Gasteiger partial charge in [0.1, 0.15) is 5.94 Å². The molecule has 0 aromatic carbocycles. The van der Waals surface area contributed by atoms with Gasteiger partial charge in [-0.25, -0.2) is 4.79 Å². The van der Waals surface area contributed by atoms with Gasteiger partial charge in [-0.15, -0.1) is 0 Å². The Morgan fingerprint density at radius 3 is 3.27 bits per heavy atom. The summed E-state index contributed by atoms with van der Waals surface area (Å²) in [5.74, 6) is 2.78. The quantitative estimate of drug-likeness (QED) is 0.597. The van der Waals surface area contributed by atoms with Crippen molar-refractivity contribution in [3.8, 4) is 0 Å². The molecule has 0 aromatic rings. The van der Waals surface area contributed by atoms with Crippen LogP contribution in [-0.4, -0.2) is 18.2 Å². The van der Waals surface area contributed by atoms with Crippen molar-refractivity contribution in [2.24, 2.45) is 16.8 Å². The van der Waals surface area contributed by atoms with Gasteiger partial charge in [-0.1, -0.05) is 12.2 Å². The zero-order valence-electron chi connectivity index (χ0n) is 8.31. The molecule has 2 aliphatic heterocycles. The molecule has 2 heterocycles. The minimum atomic E-state index is 0.297. The molecular weight excluding hydrogens is 188 g/mol. The third-order valence-corrected chi connectivity index (χ3v) is 3.46. The Kier molecular flexibility index (Phi) is 1.86. The maximum atomic E-state index is 10.9. The predicted octanol–water partition coefficient (Wildman–Crippen LogP) is 1.22. The molecule has 3 nitrogen and oxygen atoms in total. The molecule has 76 valence electrons. The molecule has 0 bridgehead atoms. The third kappa shape index (κ3) is 1.20. The maximum Gasteiger partial charge on any atom is 0.128 e. The first-order valence-electron chi connectivity index (χ1n) is 5.30. The fourth-order valence-electron chi connectivity index (χ4n) is 2.79. The minimum Gasteiger partial charge on any atom is -0.383 e. The van der Waals surface area contributed by atoms with E-state index in [9.17, 15) is 4.79 Å². The van der Waals surface area contributed by atoms with Crippen molar-refractivity contribution in [2.75, 3.05) is 0 Å². The maximum absolute atomic E-state index is 10.9. The van der Waals surface area contributed by atoms with Crippen LogP contribution in [-0.2, 0) is 4.79 Å². The molecule has 3 unspecified atom stereocenters. The third-order valence-electron chi connectivity index (χ3n) is 3.46. The standard InChI is InChI=1S/C12H12N2O/c15-7-8-2-1-3-10-12(8)9-4-5-13-6-11(9)14-10/h1-2,5-6,9-10,12,14H,3-4H2. The fourth-order valence-corrected chi connectivity index (χ4v) is 2.79. The summed E-state index contributed by atoms with van der Waals surface area (Å²) in [6.45, 7) is 0. The second kappa shape index (κ2) is 3.21. The van der Waals surface area contributed by atoms with Gasteiger partial charge in [0, 0.05) is 41.6 Å². The summed E-state index contributed by atoms with van der Waals surface area (Å²) in [4.78, 5) is 15.0. The molecule has 1 saturated heterocycles. The number of allylic oxidation sites excluding steroid dienone is 2. The summed E-state index contributed by atoms with van der Waals surface area (Å²) in [6.07, 6.45) is 9.70. The first-order valence-corrected chi connectivity index (χ1v) is 5.30. The highest BCUT2D eigenvalue weighted by atomic mass is 16.1. The molecule has 1 N–H and O–H groups in total. The van der Waals surface area contributed by atoms with Gasteiger partial charge < -0.3 is 5.32 Å². The second-order valence-corrected chi connectivity index (χ2v) is 4.23. The van der Waals surface area contributed by atoms with Gasteiger partial charge >= 0.3 is 0 Å². The van der Waals surface area contributed by atoms with Crippen LogP contribution < -0.4 is 5.32 Å². The summed E-state index contributed by atoms with van der Waals surface area (Å²) < 4.78 is 0. The SMILES string of the molecule is O=C=C1C=CCC2NC3=CN=CCC3C12. The molecule has 3 heteroatoms. The van der Waals surface area contributed by atoms with Crippen LogP contribution in [0.5, 0.6) is 0 Å². The molecule has 0 spiro atoms. The van der Waals surface area contributed by atoms with Crippen molar-refractivity contribution in [1.82, 2.24) is 5.32 Å². The number of hydrogen-bond acceptors (Lipinski definition) is 3. The summed E-state index contributed by atoms with van der Waals surface area (Å²) in [6, 6.07) is 0.365. The van der Waals surface area contributed by atoms with E-state index in [-0.39, 0.29) is 0 Å². The fraction of sp³-hybridized carbons (Fsp3) is 0.417. The van der Waals surface area contributed by atoms with Crippen LogP contribution in [0.1, 0.15) is 12.8 Å². The lowest BCUT2D eigenvalue weighted by atomic mass is 9.78. The van der Waals surface area contributed by atoms with Crippen molar-refractivity contribution >= 4 is 12.2 Å². The van der Waals surface area contributed by atoms with Crippen LogP contribution >= 0.6 is 0 Å². The van der Waals surface area contributed by atoms with E-state index in [1.54, 1.807) is 0 Å². The average Bonchev–Trinajstić information content (AvgIpc) is 2.67. The van der Waals surface area contributed by atoms with Crippen LogP contribution in [0.25, 0.3) is 0 Å². The lowest BCUT2D eigenvalue weighted by molar-refractivity contribution is 0.430. The molecule has 0 saturated carbocycles. The Morgan fingerprint density at radius 2 is 2.40 bits per heavy atom. The molecule has 1 fully saturated rings. The molecule has 0 aromatic heterocycles. The summed E-state index contributed by atoms with van der Waals surface area (Å²) in [7, 11) is 0. The number of hydrogen-bond donors (Lipinski definition) is 1. The van der Waals surface area contributed by atoms with E-state index in [1.165, 1.54) is 5.70 Å². The Bertz CT molecular complexity index is 427. The highest BCUT2D eigenvalue weighted by Gasteiger charge is 2.42. The predicted molar refractivity (Wildman–Crippen MR) is 58.1 cm³/mol. The number of nitrogens with zero attached hydrogens (tertiary/aromatic N) is 1. The summed E-state index contributed by atoms with van der Waals surface area (Å²) in [5, 5.41) is 3.46. The van der Waals surface area contributed by atoms with Crippen LogP contribution in [0.3, 0.4) is 0 Å². The van der Waals surface area contributed by atoms with E-state index in [1.807, 2.05) is 24.6 Å². The normalized spacial score (nSPS) is 36.4. The summed E-state index contributed by atoms with van der Waals surface area (Å²) >= 11 is 0. The van der Waals surface area contributed by atoms with Crippen molar-refractivity contribution in [2.45, 2.75) is 18.9 Å². The van der Waals surface area contributed by atoms with E-state index in [0.717, 1.165) is 18.4 Å². The molecular formula is C12H12N2O. The molecule has 0 amide bonds. The molecule has 15 heavy (non-hydrogen) atoms. The Balaban J connectivity index is 2.02. The number of rotatable bonds is 0. The van der Waals surface area contributed by atoms with Gasteiger partial charge in [-0.05, 0) is 12.8 Å². The minimum absolute atomic E-state index is 0.297. The topological polar surface area (TPSA) is 41.5 Å². The van der Waals surface area contributed by atoms with Gasteiger partial charge in [0.25, 0.3) is 0 Å². The highest BCUT2D eigenvalue weighted by Crippen LogP contribution is 2.41. The zero-order valence-corrected chi connectivity index (χ0v) is 8.31. The molecule has 3 atom stereocenters. The van der Waals surface area contributed by atoms with E-state index < -0.39 is 0 Å². The second-order valence-electron chi connectivity index (χ2n) is 4.23. The Labute approximate surface area is 88.3 Å². The van der Waals surface area contributed by atoms with Crippen LogP contribution in [0, 0.1) is 11.8 Å². The lowest BCUT2D eigenvalue weighted by Gasteiger charge is -2.24. The molecule has 0 radical (unpaired) electrons. The Hall–Kier alpha value is -1.60. The van der Waals surface area contributed by atoms with Crippen molar-refractivity contribution < 1.29 is 4.79 Å². The smallest absolute Gasteiger partial charge is 0.128 e. The van der Waals surface area contributed by atoms with Crippen LogP contribution in [0.4, 0.5) is 0 Å². The zero-order chi connectivity index (χ0) is 10.3. The van der Waals surface area contributed by atoms with Gasteiger partial charge in [0.2, 0.25) is 0 Å². The Morgan fingerprint density at radius 1 is 1.47 bits per heavy atom. The first-order chi connectivity index (χ1) is 7.40. The molecule has 1 aliphatic carbocycles. The van der Waals surface area contributed by atoms with E-state index in [0.29, 0.717) is 17.9 Å². The van der Waals surface area contributed by atoms with Gasteiger partial charge in [-0.2, -0.15) is 0 Å². The highest BCUT2D eigenvalue weighted by molar-refractivity contribution is 5.65. The van der Waals surface area contributed by atoms with Gasteiger partial charge in [0.05, 0.1) is 0 Å². The van der Waals surface area contributed by atoms with E-state index in [2.05, 4.69) is 16.3 Å². The van der Waals surface area contributed by atoms with E-state index >= 15 is 0 Å². The van der Waals surface area contributed by atoms with Crippen LogP contribution in [0.2, 0.25) is 0 Å². The number of aliphatic imine (C=N–C) groups is 1. The molecule has 3 aliphatic rings. The largest absolute Gasteiger partial charge is 0.383 e. The molecule has 3 rings (SSSR count). The monoisotopic (exact) mass is 200 g/mol. The average molecular weight is 200 g/mol. The van der Waals surface area contributed by atoms with E-state index in [4.69, 9.17) is 0 Å². The van der Waals surface area contributed by atoms with Gasteiger partial charge in [0.15, 0.2) is 0 Å². The van der Waals surface area contributed by atoms with Crippen molar-refractivity contribution in [3.05, 3.63) is 29.6 Å². The van der Waals surface area contributed by atoms with Crippen molar-refractivity contribution in [1.29, 1.82) is 0 Å². The van der Waals surface area contributed by atoms with Crippen LogP contribution in [0.15, 0.2) is 34.6 Å². The number of carbonyl (C=O) groups excluding carboxylic acids is 1. The number of fused-ring (bicyclic) bond motifs is 3. The van der Waals surface area contributed by atoms with Gasteiger partial charge in [-0.3, -0.25) is 4.99 Å². The first kappa shape index (κ1) is 8.69. The summed E-state index contributed by atoms with van der Waals surface area (Å²) in [5.41, 5.74) is 1.99. The number of nitrogens with one attached hydrogen (secondary N) is 1.